The molecule has 1 saturated heterocycles. The molecular weight excluding hydrogens is 363 g/mol. The van der Waals surface area contributed by atoms with Crippen LogP contribution in [-0.4, -0.2) is 43.1 Å². The van der Waals surface area contributed by atoms with Crippen molar-refractivity contribution >= 4 is 29.9 Å². The van der Waals surface area contributed by atoms with Gasteiger partial charge in [0.1, 0.15) is 0 Å². The Morgan fingerprint density at radius 2 is 1.85 bits per heavy atom. The van der Waals surface area contributed by atoms with Crippen molar-refractivity contribution in [1.29, 1.82) is 0 Å². The number of hydrogen-bond acceptors (Lipinski definition) is 2. The quantitative estimate of drug-likeness (QED) is 0.412. The molecule has 1 heterocycles. The minimum Gasteiger partial charge on any atom is -0.370 e. The Balaban J connectivity index is 0.00000361. The Labute approximate surface area is 142 Å². The summed E-state index contributed by atoms with van der Waals surface area (Å²) in [4.78, 5) is 7.05. The molecule has 1 aliphatic heterocycles. The molecule has 0 radical (unpaired) electrons. The van der Waals surface area contributed by atoms with Gasteiger partial charge in [-0.1, -0.05) is 13.8 Å². The van der Waals surface area contributed by atoms with Gasteiger partial charge in [0.25, 0.3) is 0 Å². The molecule has 20 heavy (non-hydrogen) atoms. The van der Waals surface area contributed by atoms with Crippen LogP contribution >= 0.6 is 24.0 Å². The van der Waals surface area contributed by atoms with Crippen molar-refractivity contribution in [2.24, 2.45) is 22.6 Å². The second kappa shape index (κ2) is 10.7. The Kier molecular flexibility index (Phi) is 10.6. The number of rotatable bonds is 6. The largest absolute Gasteiger partial charge is 0.370 e. The van der Waals surface area contributed by atoms with Crippen molar-refractivity contribution in [2.45, 2.75) is 53.0 Å². The lowest BCUT2D eigenvalue weighted by Crippen LogP contribution is -2.38. The summed E-state index contributed by atoms with van der Waals surface area (Å²) in [6.07, 6.45) is 3.83. The molecular formula is C15H33IN4. The van der Waals surface area contributed by atoms with Crippen LogP contribution in [0.5, 0.6) is 0 Å². The topological polar surface area (TPSA) is 53.6 Å². The molecule has 0 aliphatic carbocycles. The third kappa shape index (κ3) is 9.00. The van der Waals surface area contributed by atoms with Crippen LogP contribution in [0.2, 0.25) is 0 Å². The lowest BCUT2D eigenvalue weighted by molar-refractivity contribution is 0.180. The summed E-state index contributed by atoms with van der Waals surface area (Å²) in [5.41, 5.74) is 5.83. The third-order valence-electron chi connectivity index (χ3n) is 3.69. The van der Waals surface area contributed by atoms with Gasteiger partial charge in [-0.15, -0.1) is 24.0 Å². The van der Waals surface area contributed by atoms with Gasteiger partial charge in [-0.3, -0.25) is 4.99 Å². The van der Waals surface area contributed by atoms with Crippen LogP contribution < -0.4 is 11.1 Å². The molecule has 4 nitrogen and oxygen atoms in total. The summed E-state index contributed by atoms with van der Waals surface area (Å²) in [5, 5.41) is 3.14. The van der Waals surface area contributed by atoms with Crippen LogP contribution in [0.1, 0.15) is 47.0 Å². The Bertz CT molecular complexity index is 271. The molecule has 1 aliphatic rings. The molecule has 3 N–H and O–H groups in total. The van der Waals surface area contributed by atoms with E-state index < -0.39 is 0 Å². The fourth-order valence-electron chi connectivity index (χ4n) is 2.40. The van der Waals surface area contributed by atoms with E-state index in [9.17, 15) is 0 Å². The van der Waals surface area contributed by atoms with Crippen molar-refractivity contribution in [3.05, 3.63) is 0 Å². The van der Waals surface area contributed by atoms with E-state index in [0.29, 0.717) is 17.9 Å². The minimum atomic E-state index is 0. The zero-order valence-electron chi connectivity index (χ0n) is 13.6. The zero-order valence-corrected chi connectivity index (χ0v) is 15.9. The van der Waals surface area contributed by atoms with Gasteiger partial charge in [0.05, 0.1) is 0 Å². The lowest BCUT2D eigenvalue weighted by Gasteiger charge is -2.31. The number of nitrogens with two attached hydrogens (primary N) is 1. The van der Waals surface area contributed by atoms with Crippen molar-refractivity contribution in [3.63, 3.8) is 0 Å². The molecule has 1 fully saturated rings. The van der Waals surface area contributed by atoms with Crippen LogP contribution in [-0.2, 0) is 0 Å². The predicted octanol–water partition coefficient (Wildman–Crippen LogP) is 2.68. The number of likely N-dealkylation sites (tertiary alicyclic amines) is 1. The molecule has 0 atom stereocenters. The third-order valence-corrected chi connectivity index (χ3v) is 3.69. The highest BCUT2D eigenvalue weighted by molar-refractivity contribution is 14.0. The fourth-order valence-corrected chi connectivity index (χ4v) is 2.40. The van der Waals surface area contributed by atoms with E-state index in [1.54, 1.807) is 0 Å². The van der Waals surface area contributed by atoms with E-state index in [4.69, 9.17) is 5.73 Å². The van der Waals surface area contributed by atoms with Gasteiger partial charge in [-0.25, -0.2) is 0 Å². The SMILES string of the molecule is CC(C)CCN1CCC(CN=C(N)NC(C)C)CC1.I. The van der Waals surface area contributed by atoms with Gasteiger partial charge in [0.15, 0.2) is 5.96 Å². The van der Waals surface area contributed by atoms with Gasteiger partial charge in [0.2, 0.25) is 0 Å². The van der Waals surface area contributed by atoms with Crippen molar-refractivity contribution in [2.75, 3.05) is 26.2 Å². The first-order valence-corrected chi connectivity index (χ1v) is 7.76. The average Bonchev–Trinajstić information content (AvgIpc) is 2.34. The summed E-state index contributed by atoms with van der Waals surface area (Å²) >= 11 is 0. The van der Waals surface area contributed by atoms with E-state index in [-0.39, 0.29) is 24.0 Å². The van der Waals surface area contributed by atoms with Crippen LogP contribution in [0.3, 0.4) is 0 Å². The second-order valence-corrected chi connectivity index (χ2v) is 6.49. The molecule has 5 heteroatoms. The number of halogens is 1. The van der Waals surface area contributed by atoms with Gasteiger partial charge >= 0.3 is 0 Å². The Morgan fingerprint density at radius 1 is 1.25 bits per heavy atom. The van der Waals surface area contributed by atoms with Gasteiger partial charge in [-0.05, 0) is 64.6 Å². The first kappa shape index (κ1) is 20.0. The first-order chi connectivity index (χ1) is 8.97. The fraction of sp³-hybridized carbons (Fsp3) is 0.933. The molecule has 0 aromatic heterocycles. The highest BCUT2D eigenvalue weighted by Crippen LogP contribution is 2.18. The monoisotopic (exact) mass is 396 g/mol. The summed E-state index contributed by atoms with van der Waals surface area (Å²) in [5.74, 6) is 2.12. The number of aliphatic imine (C=N–C) groups is 1. The normalized spacial score (nSPS) is 18.4. The maximum atomic E-state index is 5.83. The maximum Gasteiger partial charge on any atom is 0.188 e. The summed E-state index contributed by atoms with van der Waals surface area (Å²) in [6, 6.07) is 0.363. The zero-order chi connectivity index (χ0) is 14.3. The average molecular weight is 396 g/mol. The van der Waals surface area contributed by atoms with E-state index in [0.717, 1.165) is 12.5 Å². The molecule has 0 saturated carbocycles. The Hall–Kier alpha value is -0.0400. The van der Waals surface area contributed by atoms with Gasteiger partial charge < -0.3 is 16.0 Å². The standard InChI is InChI=1S/C15H32N4.HI/c1-12(2)5-8-19-9-6-14(7-10-19)11-17-15(16)18-13(3)4;/h12-14H,5-11H2,1-4H3,(H3,16,17,18);1H. The van der Waals surface area contributed by atoms with Crippen molar-refractivity contribution in [1.82, 2.24) is 10.2 Å². The van der Waals surface area contributed by atoms with E-state index in [2.05, 4.69) is 42.9 Å². The van der Waals surface area contributed by atoms with Crippen molar-refractivity contribution < 1.29 is 0 Å². The number of nitrogens with zero attached hydrogens (tertiary/aromatic N) is 2. The van der Waals surface area contributed by atoms with Gasteiger partial charge in [0, 0.05) is 12.6 Å². The molecule has 1 rings (SSSR count). The summed E-state index contributed by atoms with van der Waals surface area (Å²) < 4.78 is 0. The highest BCUT2D eigenvalue weighted by atomic mass is 127. The molecule has 0 bridgehead atoms. The van der Waals surface area contributed by atoms with Crippen LogP contribution in [0.4, 0.5) is 0 Å². The number of piperidine rings is 1. The Morgan fingerprint density at radius 3 is 2.35 bits per heavy atom. The number of nitrogens with one attached hydrogen (secondary N) is 1. The molecule has 0 spiro atoms. The van der Waals surface area contributed by atoms with Gasteiger partial charge in [-0.2, -0.15) is 0 Å². The van der Waals surface area contributed by atoms with Crippen LogP contribution in [0.25, 0.3) is 0 Å². The van der Waals surface area contributed by atoms with Crippen molar-refractivity contribution in [3.8, 4) is 0 Å². The molecule has 0 aromatic carbocycles. The van der Waals surface area contributed by atoms with Crippen LogP contribution in [0, 0.1) is 11.8 Å². The smallest absolute Gasteiger partial charge is 0.188 e. The molecule has 0 aromatic rings. The minimum absolute atomic E-state index is 0. The maximum absolute atomic E-state index is 5.83. The lowest BCUT2D eigenvalue weighted by atomic mass is 9.96. The second-order valence-electron chi connectivity index (χ2n) is 6.49. The highest BCUT2D eigenvalue weighted by Gasteiger charge is 2.18. The van der Waals surface area contributed by atoms with E-state index in [1.165, 1.54) is 38.9 Å². The number of guanidine groups is 1. The van der Waals surface area contributed by atoms with E-state index in [1.807, 2.05) is 0 Å². The van der Waals surface area contributed by atoms with E-state index >= 15 is 0 Å². The number of hydrogen-bond donors (Lipinski definition) is 2. The molecule has 0 unspecified atom stereocenters. The van der Waals surface area contributed by atoms with Crippen LogP contribution in [0.15, 0.2) is 4.99 Å². The predicted molar refractivity (Wildman–Crippen MR) is 98.8 cm³/mol. The first-order valence-electron chi connectivity index (χ1n) is 7.76. The summed E-state index contributed by atoms with van der Waals surface area (Å²) in [6.45, 7) is 13.3. The molecule has 0 amide bonds. The molecule has 120 valence electrons. The summed E-state index contributed by atoms with van der Waals surface area (Å²) in [7, 11) is 0.